The number of Topliss-reactive ketones (excluding diaryl/α,β-unsaturated/α-hetero) is 1. The van der Waals surface area contributed by atoms with Gasteiger partial charge in [-0.05, 0) is 49.3 Å². The van der Waals surface area contributed by atoms with Gasteiger partial charge >= 0.3 is 0 Å². The second-order valence-electron chi connectivity index (χ2n) is 6.89. The third kappa shape index (κ3) is 2.59. The maximum atomic E-state index is 13.3. The highest BCUT2D eigenvalue weighted by Crippen LogP contribution is 2.45. The highest BCUT2D eigenvalue weighted by molar-refractivity contribution is 6.02. The number of carbonyl (C=O) groups excluding carboxylic acids is 1. The zero-order chi connectivity index (χ0) is 15.7. The maximum Gasteiger partial charge on any atom is 0.201 e. The van der Waals surface area contributed by atoms with E-state index >= 15 is 0 Å². The monoisotopic (exact) mass is 306 g/mol. The van der Waals surface area contributed by atoms with Crippen molar-refractivity contribution in [2.45, 2.75) is 37.8 Å². The molecule has 3 nitrogen and oxygen atoms in total. The summed E-state index contributed by atoms with van der Waals surface area (Å²) in [6, 6.07) is 16.1. The number of aromatic nitrogens is 1. The minimum absolute atomic E-state index is 0.215. The van der Waals surface area contributed by atoms with Gasteiger partial charge in [0.1, 0.15) is 5.69 Å². The Morgan fingerprint density at radius 1 is 1.09 bits per heavy atom. The van der Waals surface area contributed by atoms with Gasteiger partial charge in [0.2, 0.25) is 5.78 Å². The van der Waals surface area contributed by atoms with E-state index in [4.69, 9.17) is 0 Å². The average molecular weight is 306 g/mol. The minimum Gasteiger partial charge on any atom is -0.290 e. The van der Waals surface area contributed by atoms with Gasteiger partial charge in [-0.2, -0.15) is 0 Å². The molecular formula is C20H22N2O. The van der Waals surface area contributed by atoms with Crippen LogP contribution in [0.4, 0.5) is 0 Å². The van der Waals surface area contributed by atoms with Gasteiger partial charge in [0.15, 0.2) is 0 Å². The molecule has 3 fully saturated rings. The van der Waals surface area contributed by atoms with Crippen LogP contribution in [0, 0.1) is 5.92 Å². The molecule has 3 heteroatoms. The molecule has 2 aromatic rings. The van der Waals surface area contributed by atoms with E-state index in [1.165, 1.54) is 18.4 Å². The third-order valence-corrected chi connectivity index (χ3v) is 5.55. The van der Waals surface area contributed by atoms with Crippen molar-refractivity contribution in [3.05, 3.63) is 66.0 Å². The topological polar surface area (TPSA) is 33.2 Å². The molecule has 0 spiro atoms. The fraction of sp³-hybridized carbons (Fsp3) is 0.400. The fourth-order valence-electron chi connectivity index (χ4n) is 4.27. The Bertz CT molecular complexity index is 675. The van der Waals surface area contributed by atoms with Crippen LogP contribution in [-0.2, 0) is 6.54 Å². The summed E-state index contributed by atoms with van der Waals surface area (Å²) in [4.78, 5) is 20.0. The van der Waals surface area contributed by atoms with Crippen molar-refractivity contribution < 1.29 is 4.79 Å². The molecule has 1 aromatic carbocycles. The van der Waals surface area contributed by atoms with Gasteiger partial charge in [0, 0.05) is 19.3 Å². The van der Waals surface area contributed by atoms with Gasteiger partial charge in [-0.25, -0.2) is 0 Å². The molecule has 0 radical (unpaired) electrons. The van der Waals surface area contributed by atoms with Crippen LogP contribution in [0.5, 0.6) is 0 Å². The molecule has 5 rings (SSSR count). The highest BCUT2D eigenvalue weighted by Gasteiger charge is 2.51. The molecule has 2 aliphatic heterocycles. The van der Waals surface area contributed by atoms with Gasteiger partial charge in [-0.1, -0.05) is 36.4 Å². The number of hydrogen-bond acceptors (Lipinski definition) is 3. The summed E-state index contributed by atoms with van der Waals surface area (Å²) >= 11 is 0. The largest absolute Gasteiger partial charge is 0.290 e. The molecule has 1 aliphatic carbocycles. The molecule has 3 heterocycles. The lowest BCUT2D eigenvalue weighted by Crippen LogP contribution is -2.62. The van der Waals surface area contributed by atoms with Crippen LogP contribution >= 0.6 is 0 Å². The summed E-state index contributed by atoms with van der Waals surface area (Å²) in [6.07, 6.45) is 6.01. The van der Waals surface area contributed by atoms with E-state index in [2.05, 4.69) is 34.1 Å². The number of nitrogens with zero attached hydrogens (tertiary/aromatic N) is 2. The van der Waals surface area contributed by atoms with E-state index in [1.807, 2.05) is 24.3 Å². The second kappa shape index (κ2) is 5.89. The van der Waals surface area contributed by atoms with E-state index in [9.17, 15) is 4.79 Å². The van der Waals surface area contributed by atoms with Crippen LogP contribution in [0.15, 0.2) is 54.7 Å². The molecule has 1 aromatic heterocycles. The Morgan fingerprint density at radius 2 is 1.83 bits per heavy atom. The number of ketones is 1. The highest BCUT2D eigenvalue weighted by atomic mass is 16.1. The molecule has 118 valence electrons. The van der Waals surface area contributed by atoms with E-state index in [0.717, 1.165) is 31.8 Å². The van der Waals surface area contributed by atoms with Crippen LogP contribution < -0.4 is 0 Å². The summed E-state index contributed by atoms with van der Waals surface area (Å²) < 4.78 is 0. The maximum absolute atomic E-state index is 13.3. The molecule has 1 saturated carbocycles. The predicted molar refractivity (Wildman–Crippen MR) is 90.1 cm³/mol. The standard InChI is InChI=1S/C20H22N2O/c23-19(18-8-4-5-13-21-18)20-11-9-17(10-12-20)15-22(20)14-16-6-2-1-3-7-16/h1-8,13,17H,9-12,14-15H2. The van der Waals surface area contributed by atoms with Crippen LogP contribution in [-0.4, -0.2) is 27.8 Å². The number of benzene rings is 1. The molecule has 23 heavy (non-hydrogen) atoms. The zero-order valence-corrected chi connectivity index (χ0v) is 13.3. The van der Waals surface area contributed by atoms with Crippen LogP contribution in [0.1, 0.15) is 41.7 Å². The first kappa shape index (κ1) is 14.6. The number of pyridine rings is 1. The van der Waals surface area contributed by atoms with Gasteiger partial charge in [0.05, 0.1) is 5.54 Å². The van der Waals surface area contributed by atoms with Gasteiger partial charge in [0.25, 0.3) is 0 Å². The van der Waals surface area contributed by atoms with Gasteiger partial charge in [-0.3, -0.25) is 14.7 Å². The van der Waals surface area contributed by atoms with E-state index in [1.54, 1.807) is 6.20 Å². The first-order chi connectivity index (χ1) is 11.3. The lowest BCUT2D eigenvalue weighted by Gasteiger charge is -2.53. The molecule has 2 bridgehead atoms. The lowest BCUT2D eigenvalue weighted by molar-refractivity contribution is -0.0244. The first-order valence-corrected chi connectivity index (χ1v) is 8.53. The Labute approximate surface area is 137 Å². The molecule has 0 unspecified atom stereocenters. The number of fused-ring (bicyclic) bond motifs is 3. The number of carbonyl (C=O) groups is 1. The van der Waals surface area contributed by atoms with Crippen LogP contribution in [0.3, 0.4) is 0 Å². The van der Waals surface area contributed by atoms with E-state index in [0.29, 0.717) is 5.69 Å². The quantitative estimate of drug-likeness (QED) is 0.807. The Balaban J connectivity index is 1.66. The van der Waals surface area contributed by atoms with Crippen molar-refractivity contribution >= 4 is 5.78 Å². The minimum atomic E-state index is -0.348. The smallest absolute Gasteiger partial charge is 0.201 e. The molecule has 2 saturated heterocycles. The van der Waals surface area contributed by atoms with Crippen LogP contribution in [0.2, 0.25) is 0 Å². The van der Waals surface area contributed by atoms with E-state index < -0.39 is 0 Å². The van der Waals surface area contributed by atoms with Crippen molar-refractivity contribution in [2.75, 3.05) is 6.54 Å². The Morgan fingerprint density at radius 3 is 2.52 bits per heavy atom. The Hall–Kier alpha value is -2.00. The van der Waals surface area contributed by atoms with Gasteiger partial charge in [-0.15, -0.1) is 0 Å². The summed E-state index contributed by atoms with van der Waals surface area (Å²) in [5.41, 5.74) is 1.55. The van der Waals surface area contributed by atoms with Crippen molar-refractivity contribution in [3.63, 3.8) is 0 Å². The summed E-state index contributed by atoms with van der Waals surface area (Å²) in [6.45, 7) is 1.89. The zero-order valence-electron chi connectivity index (χ0n) is 13.3. The normalized spacial score (nSPS) is 27.0. The Kier molecular flexibility index (Phi) is 3.74. The van der Waals surface area contributed by atoms with Crippen molar-refractivity contribution in [1.29, 1.82) is 0 Å². The third-order valence-electron chi connectivity index (χ3n) is 5.55. The van der Waals surface area contributed by atoms with Crippen molar-refractivity contribution in [2.24, 2.45) is 5.92 Å². The molecule has 0 atom stereocenters. The second-order valence-corrected chi connectivity index (χ2v) is 6.89. The lowest BCUT2D eigenvalue weighted by atomic mass is 9.67. The number of piperidine rings is 2. The summed E-state index contributed by atoms with van der Waals surface area (Å²) in [5.74, 6) is 0.962. The number of rotatable bonds is 4. The fourth-order valence-corrected chi connectivity index (χ4v) is 4.27. The SMILES string of the molecule is O=C(c1ccccn1)C12CCC(CC1)CN2Cc1ccccc1. The summed E-state index contributed by atoms with van der Waals surface area (Å²) in [7, 11) is 0. The molecule has 3 aliphatic rings. The molecule has 0 amide bonds. The molecular weight excluding hydrogens is 284 g/mol. The van der Waals surface area contributed by atoms with E-state index in [-0.39, 0.29) is 11.3 Å². The summed E-state index contributed by atoms with van der Waals surface area (Å²) in [5, 5.41) is 0. The molecule has 0 N–H and O–H groups in total. The number of hydrogen-bond donors (Lipinski definition) is 0. The average Bonchev–Trinajstić information content (AvgIpc) is 2.64. The van der Waals surface area contributed by atoms with Crippen molar-refractivity contribution in [3.8, 4) is 0 Å². The first-order valence-electron chi connectivity index (χ1n) is 8.53. The van der Waals surface area contributed by atoms with Crippen molar-refractivity contribution in [1.82, 2.24) is 9.88 Å². The van der Waals surface area contributed by atoms with Gasteiger partial charge < -0.3 is 0 Å². The predicted octanol–water partition coefficient (Wildman–Crippen LogP) is 3.71. The van der Waals surface area contributed by atoms with Crippen LogP contribution in [0.25, 0.3) is 0 Å².